The lowest BCUT2D eigenvalue weighted by Crippen LogP contribution is -2.25. The molecule has 1 amide bonds. The van der Waals surface area contributed by atoms with Crippen LogP contribution in [-0.4, -0.2) is 29.3 Å². The van der Waals surface area contributed by atoms with E-state index in [1.807, 2.05) is 7.05 Å². The van der Waals surface area contributed by atoms with Crippen LogP contribution in [0.4, 0.5) is 10.7 Å². The lowest BCUT2D eigenvalue weighted by molar-refractivity contribution is -0.384. The van der Waals surface area contributed by atoms with Gasteiger partial charge >= 0.3 is 0 Å². The number of amides is 1. The molecule has 0 radical (unpaired) electrons. The van der Waals surface area contributed by atoms with Gasteiger partial charge in [-0.3, -0.25) is 14.9 Å². The second-order valence-electron chi connectivity index (χ2n) is 5.98. The van der Waals surface area contributed by atoms with Crippen LogP contribution in [0, 0.1) is 21.4 Å². The molecular formula is C18H16N4O3S. The highest BCUT2D eigenvalue weighted by molar-refractivity contribution is 7.16. The summed E-state index contributed by atoms with van der Waals surface area (Å²) >= 11 is 1.44. The average molecular weight is 368 g/mol. The number of nitro groups is 1. The normalized spacial score (nSPS) is 14.0. The Kier molecular flexibility index (Phi) is 5.11. The molecule has 2 heterocycles. The minimum Gasteiger partial charge on any atom is -0.313 e. The Hall–Kier alpha value is -3.02. The fourth-order valence-corrected chi connectivity index (χ4v) is 4.05. The van der Waals surface area contributed by atoms with E-state index in [1.165, 1.54) is 29.5 Å². The van der Waals surface area contributed by atoms with Crippen molar-refractivity contribution in [2.24, 2.45) is 0 Å². The van der Waals surface area contributed by atoms with Gasteiger partial charge in [0.15, 0.2) is 0 Å². The van der Waals surface area contributed by atoms with Gasteiger partial charge in [0.2, 0.25) is 5.91 Å². The second-order valence-corrected chi connectivity index (χ2v) is 7.08. The van der Waals surface area contributed by atoms with Crippen LogP contribution in [0.2, 0.25) is 0 Å². The Bertz CT molecular complexity index is 925. The molecule has 1 aliphatic heterocycles. The molecule has 0 aliphatic carbocycles. The Morgan fingerprint density at radius 3 is 2.81 bits per heavy atom. The first-order chi connectivity index (χ1) is 12.5. The number of nitrogens with one attached hydrogen (secondary N) is 1. The number of anilines is 1. The highest BCUT2D eigenvalue weighted by Gasteiger charge is 2.23. The zero-order valence-electron chi connectivity index (χ0n) is 14.1. The number of nitro benzene ring substituents is 1. The lowest BCUT2D eigenvalue weighted by Gasteiger charge is -2.21. The van der Waals surface area contributed by atoms with E-state index in [4.69, 9.17) is 0 Å². The van der Waals surface area contributed by atoms with Crippen molar-refractivity contribution in [3.05, 3.63) is 62.0 Å². The number of nitriles is 1. The number of nitrogens with zero attached hydrogens (tertiary/aromatic N) is 3. The maximum atomic E-state index is 12.2. The Balaban J connectivity index is 1.72. The second kappa shape index (κ2) is 7.47. The van der Waals surface area contributed by atoms with E-state index < -0.39 is 4.92 Å². The van der Waals surface area contributed by atoms with Crippen molar-refractivity contribution in [1.29, 1.82) is 5.26 Å². The van der Waals surface area contributed by atoms with Crippen molar-refractivity contribution in [2.45, 2.75) is 13.0 Å². The summed E-state index contributed by atoms with van der Waals surface area (Å²) in [6, 6.07) is 8.12. The molecule has 26 heavy (non-hydrogen) atoms. The van der Waals surface area contributed by atoms with Gasteiger partial charge in [0, 0.05) is 36.2 Å². The first-order valence-electron chi connectivity index (χ1n) is 7.94. The number of non-ortho nitro benzene ring substituents is 1. The van der Waals surface area contributed by atoms with Crippen LogP contribution >= 0.6 is 11.3 Å². The van der Waals surface area contributed by atoms with Gasteiger partial charge in [-0.25, -0.2) is 0 Å². The van der Waals surface area contributed by atoms with Gasteiger partial charge in [0.1, 0.15) is 11.1 Å². The number of hydrogen-bond donors (Lipinski definition) is 1. The summed E-state index contributed by atoms with van der Waals surface area (Å²) in [7, 11) is 2.03. The first kappa shape index (κ1) is 17.8. The van der Waals surface area contributed by atoms with Crippen molar-refractivity contribution in [2.75, 3.05) is 18.9 Å². The standard InChI is InChI=1S/C18H16N4O3S/c1-21-9-8-14-15(10-19)18(26-16(14)11-21)20-17(23)7-4-12-2-5-13(6-3-12)22(24)25/h2-7H,8-9,11H2,1H3,(H,20,23). The monoisotopic (exact) mass is 368 g/mol. The molecule has 7 nitrogen and oxygen atoms in total. The summed E-state index contributed by atoms with van der Waals surface area (Å²) in [4.78, 5) is 25.7. The van der Waals surface area contributed by atoms with Crippen LogP contribution in [-0.2, 0) is 17.8 Å². The fourth-order valence-electron chi connectivity index (χ4n) is 2.77. The van der Waals surface area contributed by atoms with Crippen LogP contribution < -0.4 is 5.32 Å². The van der Waals surface area contributed by atoms with E-state index in [2.05, 4.69) is 16.3 Å². The van der Waals surface area contributed by atoms with Crippen LogP contribution in [0.3, 0.4) is 0 Å². The number of hydrogen-bond acceptors (Lipinski definition) is 6. The van der Waals surface area contributed by atoms with Gasteiger partial charge in [0.05, 0.1) is 10.5 Å². The Morgan fingerprint density at radius 1 is 1.42 bits per heavy atom. The number of carbonyl (C=O) groups excluding carboxylic acids is 1. The topological polar surface area (TPSA) is 99.3 Å². The van der Waals surface area contributed by atoms with Crippen molar-refractivity contribution in [3.63, 3.8) is 0 Å². The predicted octanol–water partition coefficient (Wildman–Crippen LogP) is 3.17. The van der Waals surface area contributed by atoms with E-state index >= 15 is 0 Å². The summed E-state index contributed by atoms with van der Waals surface area (Å²) < 4.78 is 0. The molecule has 2 aromatic rings. The van der Waals surface area contributed by atoms with Crippen LogP contribution in [0.5, 0.6) is 0 Å². The molecule has 0 unspecified atom stereocenters. The largest absolute Gasteiger partial charge is 0.313 e. The molecule has 0 fully saturated rings. The first-order valence-corrected chi connectivity index (χ1v) is 8.76. The van der Waals surface area contributed by atoms with Crippen molar-refractivity contribution < 1.29 is 9.72 Å². The summed E-state index contributed by atoms with van der Waals surface area (Å²) in [5, 5.41) is 23.4. The fraction of sp³-hybridized carbons (Fsp3) is 0.222. The molecule has 0 saturated carbocycles. The SMILES string of the molecule is CN1CCc2c(sc(NC(=O)C=Cc3ccc([N+](=O)[O-])cc3)c2C#N)C1. The van der Waals surface area contributed by atoms with Gasteiger partial charge in [-0.05, 0) is 42.8 Å². The molecule has 0 spiro atoms. The van der Waals surface area contributed by atoms with Gasteiger partial charge in [-0.2, -0.15) is 5.26 Å². The zero-order chi connectivity index (χ0) is 18.7. The molecule has 0 atom stereocenters. The molecule has 8 heteroatoms. The number of carbonyl (C=O) groups is 1. The summed E-state index contributed by atoms with van der Waals surface area (Å²) in [5.41, 5.74) is 2.26. The average Bonchev–Trinajstić information content (AvgIpc) is 2.96. The van der Waals surface area contributed by atoms with Crippen LogP contribution in [0.25, 0.3) is 6.08 Å². The predicted molar refractivity (Wildman–Crippen MR) is 99.8 cm³/mol. The number of fused-ring (bicyclic) bond motifs is 1. The number of likely N-dealkylation sites (N-methyl/N-ethyl adjacent to an activating group) is 1. The molecule has 3 rings (SSSR count). The number of rotatable bonds is 4. The maximum Gasteiger partial charge on any atom is 0.269 e. The van der Waals surface area contributed by atoms with Crippen molar-refractivity contribution in [3.8, 4) is 6.07 Å². The molecule has 1 aromatic heterocycles. The molecule has 0 saturated heterocycles. The molecule has 132 valence electrons. The maximum absolute atomic E-state index is 12.2. The minimum atomic E-state index is -0.473. The molecule has 1 aromatic carbocycles. The van der Waals surface area contributed by atoms with Gasteiger partial charge in [-0.15, -0.1) is 11.3 Å². The summed E-state index contributed by atoms with van der Waals surface area (Å²) in [6.07, 6.45) is 3.74. The molecule has 1 aliphatic rings. The summed E-state index contributed by atoms with van der Waals surface area (Å²) in [5.74, 6) is -0.341. The molecule has 1 N–H and O–H groups in total. The third kappa shape index (κ3) is 3.79. The Labute approximate surface area is 154 Å². The third-order valence-corrected chi connectivity index (χ3v) is 5.26. The quantitative estimate of drug-likeness (QED) is 0.508. The van der Waals surface area contributed by atoms with E-state index in [9.17, 15) is 20.2 Å². The number of benzene rings is 1. The van der Waals surface area contributed by atoms with Gasteiger partial charge in [-0.1, -0.05) is 0 Å². The van der Waals surface area contributed by atoms with Crippen molar-refractivity contribution >= 4 is 34.0 Å². The lowest BCUT2D eigenvalue weighted by atomic mass is 10.0. The third-order valence-electron chi connectivity index (χ3n) is 4.13. The molecule has 0 bridgehead atoms. The van der Waals surface area contributed by atoms with Crippen LogP contribution in [0.1, 0.15) is 21.6 Å². The highest BCUT2D eigenvalue weighted by Crippen LogP contribution is 2.36. The van der Waals surface area contributed by atoms with E-state index in [-0.39, 0.29) is 11.6 Å². The van der Waals surface area contributed by atoms with Crippen LogP contribution in [0.15, 0.2) is 30.3 Å². The van der Waals surface area contributed by atoms with E-state index in [0.717, 1.165) is 30.0 Å². The zero-order valence-corrected chi connectivity index (χ0v) is 14.9. The Morgan fingerprint density at radius 2 is 2.15 bits per heavy atom. The van der Waals surface area contributed by atoms with Gasteiger partial charge < -0.3 is 10.2 Å². The van der Waals surface area contributed by atoms with E-state index in [1.54, 1.807) is 18.2 Å². The number of thiophene rings is 1. The minimum absolute atomic E-state index is 0.000558. The summed E-state index contributed by atoms with van der Waals surface area (Å²) in [6.45, 7) is 1.68. The molecular weight excluding hydrogens is 352 g/mol. The van der Waals surface area contributed by atoms with Gasteiger partial charge in [0.25, 0.3) is 5.69 Å². The van der Waals surface area contributed by atoms with Crippen molar-refractivity contribution in [1.82, 2.24) is 4.90 Å². The smallest absolute Gasteiger partial charge is 0.269 e. The van der Waals surface area contributed by atoms with E-state index in [0.29, 0.717) is 16.1 Å². The highest BCUT2D eigenvalue weighted by atomic mass is 32.1.